The zero-order chi connectivity index (χ0) is 20.5. The summed E-state index contributed by atoms with van der Waals surface area (Å²) in [6.45, 7) is 2.78. The first-order valence-corrected chi connectivity index (χ1v) is 9.87. The fourth-order valence-corrected chi connectivity index (χ4v) is 2.69. The lowest BCUT2D eigenvalue weighted by Crippen LogP contribution is -2.08. The molecule has 0 atom stereocenters. The second-order valence-corrected chi connectivity index (χ2v) is 6.80. The van der Waals surface area contributed by atoms with Crippen molar-refractivity contribution in [3.05, 3.63) is 88.9 Å². The first kappa shape index (κ1) is 20.6. The molecule has 3 rings (SSSR count). The SMILES string of the molecule is CCCCOc1ccc(C(=O)Oc2ccc(C=Nc3ccccc3Cl)cc2)cc1. The summed E-state index contributed by atoms with van der Waals surface area (Å²) in [6, 6.07) is 21.4. The van der Waals surface area contributed by atoms with Gasteiger partial charge in [0.2, 0.25) is 0 Å². The number of halogens is 1. The van der Waals surface area contributed by atoms with E-state index in [4.69, 9.17) is 21.1 Å². The molecular weight excluding hydrogens is 386 g/mol. The number of unbranched alkanes of at least 4 members (excludes halogenated alkanes) is 1. The Balaban J connectivity index is 1.57. The lowest BCUT2D eigenvalue weighted by Gasteiger charge is -2.07. The van der Waals surface area contributed by atoms with Gasteiger partial charge in [-0.1, -0.05) is 37.1 Å². The third kappa shape index (κ3) is 6.19. The molecule has 0 saturated heterocycles. The van der Waals surface area contributed by atoms with Gasteiger partial charge in [0.25, 0.3) is 0 Å². The lowest BCUT2D eigenvalue weighted by molar-refractivity contribution is 0.0734. The number of carbonyl (C=O) groups excluding carboxylic acids is 1. The molecule has 5 heteroatoms. The van der Waals surface area contributed by atoms with Crippen LogP contribution in [0, 0.1) is 0 Å². The van der Waals surface area contributed by atoms with Crippen molar-refractivity contribution in [2.75, 3.05) is 6.61 Å². The van der Waals surface area contributed by atoms with Crippen molar-refractivity contribution in [3.63, 3.8) is 0 Å². The van der Waals surface area contributed by atoms with Gasteiger partial charge in [-0.25, -0.2) is 4.79 Å². The molecule has 0 N–H and O–H groups in total. The van der Waals surface area contributed by atoms with Crippen molar-refractivity contribution in [3.8, 4) is 11.5 Å². The van der Waals surface area contributed by atoms with E-state index < -0.39 is 5.97 Å². The van der Waals surface area contributed by atoms with Gasteiger partial charge in [0.05, 0.1) is 22.9 Å². The fraction of sp³-hybridized carbons (Fsp3) is 0.167. The molecule has 0 aliphatic rings. The summed E-state index contributed by atoms with van der Waals surface area (Å²) in [6.07, 6.45) is 3.79. The Kier molecular flexibility index (Phi) is 7.42. The van der Waals surface area contributed by atoms with Crippen molar-refractivity contribution >= 4 is 29.5 Å². The normalized spacial score (nSPS) is 10.8. The Hall–Kier alpha value is -3.11. The Morgan fingerprint density at radius 1 is 0.966 bits per heavy atom. The molecule has 0 spiro atoms. The molecule has 4 nitrogen and oxygen atoms in total. The number of carbonyl (C=O) groups is 1. The molecule has 0 unspecified atom stereocenters. The molecule has 0 aromatic heterocycles. The maximum atomic E-state index is 12.3. The molecule has 0 radical (unpaired) electrons. The first-order chi connectivity index (χ1) is 14.2. The highest BCUT2D eigenvalue weighted by atomic mass is 35.5. The smallest absolute Gasteiger partial charge is 0.343 e. The van der Waals surface area contributed by atoms with Gasteiger partial charge in [0.15, 0.2) is 0 Å². The summed E-state index contributed by atoms with van der Waals surface area (Å²) in [7, 11) is 0. The minimum atomic E-state index is -0.414. The molecule has 3 aromatic carbocycles. The molecule has 29 heavy (non-hydrogen) atoms. The highest BCUT2D eigenvalue weighted by molar-refractivity contribution is 6.33. The third-order valence-electron chi connectivity index (χ3n) is 4.15. The summed E-state index contributed by atoms with van der Waals surface area (Å²) in [4.78, 5) is 16.7. The number of nitrogens with zero attached hydrogens (tertiary/aromatic N) is 1. The van der Waals surface area contributed by atoms with Gasteiger partial charge >= 0.3 is 5.97 Å². The van der Waals surface area contributed by atoms with Crippen molar-refractivity contribution in [1.82, 2.24) is 0 Å². The Morgan fingerprint density at radius 3 is 2.34 bits per heavy atom. The number of esters is 1. The van der Waals surface area contributed by atoms with Crippen molar-refractivity contribution < 1.29 is 14.3 Å². The first-order valence-electron chi connectivity index (χ1n) is 9.49. The van der Waals surface area contributed by atoms with E-state index in [9.17, 15) is 4.79 Å². The van der Waals surface area contributed by atoms with E-state index >= 15 is 0 Å². The van der Waals surface area contributed by atoms with E-state index in [1.54, 1.807) is 48.7 Å². The quantitative estimate of drug-likeness (QED) is 0.185. The van der Waals surface area contributed by atoms with Crippen LogP contribution in [0.15, 0.2) is 77.8 Å². The molecular formula is C24H22ClNO3. The number of hydrogen-bond acceptors (Lipinski definition) is 4. The number of ether oxygens (including phenoxy) is 2. The fourth-order valence-electron chi connectivity index (χ4n) is 2.51. The second-order valence-electron chi connectivity index (χ2n) is 6.39. The van der Waals surface area contributed by atoms with Crippen LogP contribution >= 0.6 is 11.6 Å². The zero-order valence-corrected chi connectivity index (χ0v) is 16.9. The van der Waals surface area contributed by atoms with E-state index in [2.05, 4.69) is 11.9 Å². The van der Waals surface area contributed by atoms with E-state index in [1.807, 2.05) is 30.3 Å². The summed E-state index contributed by atoms with van der Waals surface area (Å²) >= 11 is 6.09. The van der Waals surface area contributed by atoms with Gasteiger partial charge < -0.3 is 9.47 Å². The Morgan fingerprint density at radius 2 is 1.66 bits per heavy atom. The summed E-state index contributed by atoms with van der Waals surface area (Å²) in [5, 5.41) is 0.594. The van der Waals surface area contributed by atoms with Gasteiger partial charge in [-0.15, -0.1) is 0 Å². The van der Waals surface area contributed by atoms with Gasteiger partial charge in [-0.3, -0.25) is 4.99 Å². The standard InChI is InChI=1S/C24H22ClNO3/c1-2-3-16-28-20-14-10-19(11-15-20)24(27)29-21-12-8-18(9-13-21)17-26-23-7-5-4-6-22(23)25/h4-15,17H,2-3,16H2,1H3. The summed E-state index contributed by atoms with van der Waals surface area (Å²) in [5.74, 6) is 0.799. The maximum absolute atomic E-state index is 12.3. The predicted octanol–water partition coefficient (Wildman–Crippen LogP) is 6.49. The van der Waals surface area contributed by atoms with E-state index in [1.165, 1.54) is 0 Å². The van der Waals surface area contributed by atoms with Gasteiger partial charge in [0, 0.05) is 6.21 Å². The van der Waals surface area contributed by atoms with Crippen LogP contribution in [0.3, 0.4) is 0 Å². The van der Waals surface area contributed by atoms with Gasteiger partial charge in [-0.05, 0) is 72.6 Å². The molecule has 0 heterocycles. The van der Waals surface area contributed by atoms with Crippen LogP contribution in [0.25, 0.3) is 0 Å². The second kappa shape index (κ2) is 10.4. The lowest BCUT2D eigenvalue weighted by atomic mass is 10.2. The Bertz CT molecular complexity index is 966. The number of aliphatic imine (C=N–C) groups is 1. The van der Waals surface area contributed by atoms with Crippen LogP contribution in [-0.4, -0.2) is 18.8 Å². The average molecular weight is 408 g/mol. The topological polar surface area (TPSA) is 47.9 Å². The van der Waals surface area contributed by atoms with Crippen LogP contribution in [0.1, 0.15) is 35.7 Å². The molecule has 0 aliphatic carbocycles. The monoisotopic (exact) mass is 407 g/mol. The van der Waals surface area contributed by atoms with Crippen molar-refractivity contribution in [2.24, 2.45) is 4.99 Å². The Labute approximate surface area is 175 Å². The number of hydrogen-bond donors (Lipinski definition) is 0. The summed E-state index contributed by atoms with van der Waals surface area (Å²) < 4.78 is 11.0. The predicted molar refractivity (Wildman–Crippen MR) is 117 cm³/mol. The molecule has 148 valence electrons. The van der Waals surface area contributed by atoms with Crippen LogP contribution in [0.5, 0.6) is 11.5 Å². The van der Waals surface area contributed by atoms with Crippen LogP contribution < -0.4 is 9.47 Å². The molecule has 0 amide bonds. The van der Waals surface area contributed by atoms with Crippen molar-refractivity contribution in [1.29, 1.82) is 0 Å². The number of para-hydroxylation sites is 1. The minimum absolute atomic E-state index is 0.414. The number of rotatable bonds is 8. The molecule has 0 saturated carbocycles. The number of benzene rings is 3. The van der Waals surface area contributed by atoms with E-state index in [0.29, 0.717) is 28.6 Å². The minimum Gasteiger partial charge on any atom is -0.494 e. The largest absolute Gasteiger partial charge is 0.494 e. The maximum Gasteiger partial charge on any atom is 0.343 e. The van der Waals surface area contributed by atoms with Gasteiger partial charge in [-0.2, -0.15) is 0 Å². The van der Waals surface area contributed by atoms with Crippen LogP contribution in [-0.2, 0) is 0 Å². The van der Waals surface area contributed by atoms with E-state index in [-0.39, 0.29) is 0 Å². The molecule has 3 aromatic rings. The molecule has 0 bridgehead atoms. The van der Waals surface area contributed by atoms with E-state index in [0.717, 1.165) is 24.2 Å². The third-order valence-corrected chi connectivity index (χ3v) is 4.47. The summed E-state index contributed by atoms with van der Waals surface area (Å²) in [5.41, 5.74) is 2.04. The van der Waals surface area contributed by atoms with Crippen LogP contribution in [0.2, 0.25) is 5.02 Å². The van der Waals surface area contributed by atoms with Crippen molar-refractivity contribution in [2.45, 2.75) is 19.8 Å². The highest BCUT2D eigenvalue weighted by Gasteiger charge is 2.09. The van der Waals surface area contributed by atoms with Crippen LogP contribution in [0.4, 0.5) is 5.69 Å². The zero-order valence-electron chi connectivity index (χ0n) is 16.2. The van der Waals surface area contributed by atoms with Gasteiger partial charge in [0.1, 0.15) is 11.5 Å². The molecule has 0 aliphatic heterocycles. The molecule has 0 fully saturated rings. The highest BCUT2D eigenvalue weighted by Crippen LogP contribution is 2.23. The average Bonchev–Trinajstić information content (AvgIpc) is 2.75.